The lowest BCUT2D eigenvalue weighted by atomic mass is 10.1. The van der Waals surface area contributed by atoms with Gasteiger partial charge in [0.25, 0.3) is 0 Å². The van der Waals surface area contributed by atoms with Crippen LogP contribution in [0.15, 0.2) is 50.8 Å². The number of hydrogen-bond donors (Lipinski definition) is 0. The third-order valence-electron chi connectivity index (χ3n) is 2.40. The van der Waals surface area contributed by atoms with Gasteiger partial charge in [-0.3, -0.25) is 4.99 Å². The van der Waals surface area contributed by atoms with E-state index in [2.05, 4.69) is 81.8 Å². The van der Waals surface area contributed by atoms with Crippen molar-refractivity contribution in [2.45, 2.75) is 50.8 Å². The molecule has 0 aliphatic rings. The third-order valence-corrected chi connectivity index (χ3v) is 7.05. The number of thioether (sulfide) groups is 1. The molecule has 0 saturated carbocycles. The molecule has 0 aliphatic heterocycles. The summed E-state index contributed by atoms with van der Waals surface area (Å²) in [5, 5.41) is 0. The zero-order valence-electron chi connectivity index (χ0n) is 12.9. The number of benzene rings is 1. The molecule has 0 unspecified atom stereocenters. The van der Waals surface area contributed by atoms with E-state index < -0.39 is 8.07 Å². The lowest BCUT2D eigenvalue weighted by Crippen LogP contribution is -2.22. The molecule has 0 fully saturated rings. The minimum atomic E-state index is -1.33. The van der Waals surface area contributed by atoms with Crippen molar-refractivity contribution in [3.05, 3.63) is 40.9 Å². The van der Waals surface area contributed by atoms with Gasteiger partial charge < -0.3 is 0 Å². The summed E-state index contributed by atoms with van der Waals surface area (Å²) in [6, 6.07) is 10.6. The van der Waals surface area contributed by atoms with Crippen LogP contribution in [-0.4, -0.2) is 19.8 Å². The summed E-state index contributed by atoms with van der Waals surface area (Å²) in [6.45, 7) is 13.5. The molecule has 3 heteroatoms. The van der Waals surface area contributed by atoms with E-state index in [9.17, 15) is 0 Å². The van der Waals surface area contributed by atoms with Gasteiger partial charge in [-0.1, -0.05) is 49.6 Å². The normalized spacial score (nSPS) is 14.1. The highest BCUT2D eigenvalue weighted by Crippen LogP contribution is 2.32. The van der Waals surface area contributed by atoms with Crippen LogP contribution in [0.4, 0.5) is 0 Å². The molecule has 0 heterocycles. The van der Waals surface area contributed by atoms with Gasteiger partial charge in [-0.15, -0.1) is 0 Å². The van der Waals surface area contributed by atoms with Crippen molar-refractivity contribution in [3.63, 3.8) is 0 Å². The van der Waals surface area contributed by atoms with Crippen LogP contribution in [0.1, 0.15) is 20.8 Å². The second-order valence-electron chi connectivity index (χ2n) is 6.65. The van der Waals surface area contributed by atoms with Crippen molar-refractivity contribution in [1.29, 1.82) is 0 Å². The van der Waals surface area contributed by atoms with Crippen LogP contribution in [0, 0.1) is 0 Å². The summed E-state index contributed by atoms with van der Waals surface area (Å²) in [5.41, 5.74) is -0.00152. The van der Waals surface area contributed by atoms with Crippen molar-refractivity contribution in [1.82, 2.24) is 0 Å². The second kappa shape index (κ2) is 6.57. The number of aliphatic imine (C=N–C) groups is 1. The van der Waals surface area contributed by atoms with Crippen molar-refractivity contribution in [2.24, 2.45) is 4.99 Å². The molecule has 0 saturated heterocycles. The number of rotatable bonds is 4. The van der Waals surface area contributed by atoms with E-state index in [1.54, 1.807) is 0 Å². The first kappa shape index (κ1) is 16.3. The average Bonchev–Trinajstić information content (AvgIpc) is 2.26. The van der Waals surface area contributed by atoms with Gasteiger partial charge in [-0.05, 0) is 43.5 Å². The standard InChI is InChI=1S/C16H25NSSi/c1-16(2,3)17-13-12-15(19(4,5)6)18-14-10-8-7-9-11-14/h7-13H,1-6H3/b15-12+,17-13?. The van der Waals surface area contributed by atoms with Crippen molar-refractivity contribution in [3.8, 4) is 0 Å². The maximum absolute atomic E-state index is 4.56. The zero-order valence-corrected chi connectivity index (χ0v) is 14.7. The van der Waals surface area contributed by atoms with Crippen LogP contribution in [0.25, 0.3) is 0 Å². The lowest BCUT2D eigenvalue weighted by Gasteiger charge is -2.20. The molecule has 1 nitrogen and oxygen atoms in total. The molecule has 1 aromatic rings. The van der Waals surface area contributed by atoms with Gasteiger partial charge in [0, 0.05) is 11.1 Å². The summed E-state index contributed by atoms with van der Waals surface area (Å²) in [6.07, 6.45) is 4.18. The van der Waals surface area contributed by atoms with Crippen LogP contribution in [0.2, 0.25) is 19.6 Å². The van der Waals surface area contributed by atoms with Gasteiger partial charge >= 0.3 is 0 Å². The Morgan fingerprint density at radius 3 is 2.16 bits per heavy atom. The Bertz CT molecular complexity index is 450. The number of hydrogen-bond acceptors (Lipinski definition) is 2. The highest BCUT2D eigenvalue weighted by Gasteiger charge is 2.20. The minimum Gasteiger partial charge on any atom is -0.287 e. The molecular formula is C16H25NSSi. The molecular weight excluding hydrogens is 266 g/mol. The predicted molar refractivity (Wildman–Crippen MR) is 92.0 cm³/mol. The highest BCUT2D eigenvalue weighted by atomic mass is 32.2. The third kappa shape index (κ3) is 6.78. The van der Waals surface area contributed by atoms with Gasteiger partial charge in [-0.2, -0.15) is 0 Å². The van der Waals surface area contributed by atoms with Crippen LogP contribution >= 0.6 is 11.8 Å². The SMILES string of the molecule is CC(C)(C)N=C/C=C(\Sc1ccccc1)[Si](C)(C)C. The summed E-state index contributed by atoms with van der Waals surface area (Å²) in [5.74, 6) is 0. The fraction of sp³-hybridized carbons (Fsp3) is 0.438. The maximum atomic E-state index is 4.56. The number of allylic oxidation sites excluding steroid dienone is 1. The molecule has 1 rings (SSSR count). The van der Waals surface area contributed by atoms with Crippen LogP contribution in [-0.2, 0) is 0 Å². The van der Waals surface area contributed by atoms with Gasteiger partial charge in [0.1, 0.15) is 0 Å². The Morgan fingerprint density at radius 2 is 1.68 bits per heavy atom. The van der Waals surface area contributed by atoms with E-state index in [0.29, 0.717) is 0 Å². The van der Waals surface area contributed by atoms with Gasteiger partial charge in [0.2, 0.25) is 0 Å². The summed E-state index contributed by atoms with van der Waals surface area (Å²) in [7, 11) is -1.33. The van der Waals surface area contributed by atoms with E-state index in [1.165, 1.54) is 9.42 Å². The molecule has 0 aliphatic carbocycles. The van der Waals surface area contributed by atoms with E-state index in [-0.39, 0.29) is 5.54 Å². The minimum absolute atomic E-state index is 0.00152. The van der Waals surface area contributed by atoms with Crippen molar-refractivity contribution < 1.29 is 0 Å². The Kier molecular flexibility index (Phi) is 5.62. The summed E-state index contributed by atoms with van der Waals surface area (Å²) >= 11 is 1.88. The number of nitrogens with zero attached hydrogens (tertiary/aromatic N) is 1. The quantitative estimate of drug-likeness (QED) is 0.410. The fourth-order valence-electron chi connectivity index (χ4n) is 1.38. The average molecular weight is 292 g/mol. The maximum Gasteiger partial charge on any atom is 0.0862 e. The lowest BCUT2D eigenvalue weighted by molar-refractivity contribution is 0.587. The first-order chi connectivity index (χ1) is 8.68. The zero-order chi connectivity index (χ0) is 14.5. The fourth-order valence-corrected chi connectivity index (χ4v) is 4.21. The Labute approximate surface area is 123 Å². The molecule has 104 valence electrons. The van der Waals surface area contributed by atoms with Crippen molar-refractivity contribution in [2.75, 3.05) is 0 Å². The van der Waals surface area contributed by atoms with E-state index >= 15 is 0 Å². The molecule has 0 N–H and O–H groups in total. The molecule has 0 bridgehead atoms. The Morgan fingerprint density at radius 1 is 1.11 bits per heavy atom. The molecule has 0 spiro atoms. The molecule has 0 atom stereocenters. The molecule has 0 amide bonds. The van der Waals surface area contributed by atoms with Gasteiger partial charge in [0.05, 0.1) is 13.6 Å². The van der Waals surface area contributed by atoms with Crippen LogP contribution in [0.5, 0.6) is 0 Å². The first-order valence-electron chi connectivity index (χ1n) is 6.67. The molecule has 0 radical (unpaired) electrons. The van der Waals surface area contributed by atoms with E-state index in [1.807, 2.05) is 18.0 Å². The Balaban J connectivity index is 2.91. The topological polar surface area (TPSA) is 12.4 Å². The summed E-state index contributed by atoms with van der Waals surface area (Å²) < 4.78 is 1.46. The van der Waals surface area contributed by atoms with Crippen LogP contribution in [0.3, 0.4) is 0 Å². The van der Waals surface area contributed by atoms with Crippen molar-refractivity contribution >= 4 is 26.1 Å². The first-order valence-corrected chi connectivity index (χ1v) is 11.0. The molecule has 1 aromatic carbocycles. The van der Waals surface area contributed by atoms with Crippen LogP contribution < -0.4 is 0 Å². The van der Waals surface area contributed by atoms with Gasteiger partial charge in [-0.25, -0.2) is 0 Å². The predicted octanol–water partition coefficient (Wildman–Crippen LogP) is 5.41. The largest absolute Gasteiger partial charge is 0.287 e. The molecule has 0 aromatic heterocycles. The molecule has 19 heavy (non-hydrogen) atoms. The van der Waals surface area contributed by atoms with E-state index in [0.717, 1.165) is 0 Å². The van der Waals surface area contributed by atoms with Gasteiger partial charge in [0.15, 0.2) is 0 Å². The Hall–Kier alpha value is -0.803. The summed E-state index contributed by atoms with van der Waals surface area (Å²) in [4.78, 5) is 5.86. The highest BCUT2D eigenvalue weighted by molar-refractivity contribution is 8.05. The monoisotopic (exact) mass is 291 g/mol. The second-order valence-corrected chi connectivity index (χ2v) is 13.2. The van der Waals surface area contributed by atoms with E-state index in [4.69, 9.17) is 0 Å². The smallest absolute Gasteiger partial charge is 0.0862 e.